The Morgan fingerprint density at radius 1 is 1.33 bits per heavy atom. The maximum Gasteiger partial charge on any atom is 0.244 e. The number of hydrogen-bond donors (Lipinski definition) is 1. The van der Waals surface area contributed by atoms with Crippen LogP contribution in [0.15, 0.2) is 30.3 Å². The number of benzene rings is 1. The van der Waals surface area contributed by atoms with Crippen LogP contribution in [0.3, 0.4) is 0 Å². The summed E-state index contributed by atoms with van der Waals surface area (Å²) in [6, 6.07) is 8.74. The predicted molar refractivity (Wildman–Crippen MR) is 79.4 cm³/mol. The number of aliphatic hydroxyl groups excluding tert-OH is 1. The fourth-order valence-corrected chi connectivity index (χ4v) is 2.70. The molecule has 1 fully saturated rings. The molecule has 2 rings (SSSR count). The first-order valence-corrected chi connectivity index (χ1v) is 7.24. The van der Waals surface area contributed by atoms with Gasteiger partial charge in [0.15, 0.2) is 0 Å². The molecule has 2 amide bonds. The van der Waals surface area contributed by atoms with Gasteiger partial charge in [-0.2, -0.15) is 0 Å². The molecule has 0 aromatic heterocycles. The van der Waals surface area contributed by atoms with Gasteiger partial charge < -0.3 is 14.9 Å². The lowest BCUT2D eigenvalue weighted by Crippen LogP contribution is -2.45. The number of rotatable bonds is 4. The third-order valence-electron chi connectivity index (χ3n) is 3.85. The fourth-order valence-electron chi connectivity index (χ4n) is 2.70. The van der Waals surface area contributed by atoms with Crippen molar-refractivity contribution in [2.45, 2.75) is 31.4 Å². The van der Waals surface area contributed by atoms with Crippen molar-refractivity contribution in [3.8, 4) is 0 Å². The molecule has 1 heterocycles. The smallest absolute Gasteiger partial charge is 0.244 e. The van der Waals surface area contributed by atoms with E-state index in [2.05, 4.69) is 0 Å². The van der Waals surface area contributed by atoms with E-state index in [1.54, 1.807) is 31.1 Å². The molecule has 5 heteroatoms. The second-order valence-corrected chi connectivity index (χ2v) is 5.61. The molecule has 114 valence electrons. The van der Waals surface area contributed by atoms with Crippen LogP contribution in [0, 0.1) is 0 Å². The lowest BCUT2D eigenvalue weighted by atomic mass is 10.1. The molecule has 21 heavy (non-hydrogen) atoms. The van der Waals surface area contributed by atoms with E-state index in [4.69, 9.17) is 0 Å². The molecular weight excluding hydrogens is 268 g/mol. The van der Waals surface area contributed by atoms with Crippen molar-refractivity contribution >= 4 is 11.8 Å². The summed E-state index contributed by atoms with van der Waals surface area (Å²) in [5.41, 5.74) is 0.723. The number of nitrogens with zero attached hydrogens (tertiary/aromatic N) is 2. The van der Waals surface area contributed by atoms with Crippen molar-refractivity contribution in [3.05, 3.63) is 35.9 Å². The Hall–Kier alpha value is -1.88. The van der Waals surface area contributed by atoms with Crippen molar-refractivity contribution in [2.24, 2.45) is 0 Å². The molecule has 1 aromatic rings. The fraction of sp³-hybridized carbons (Fsp3) is 0.500. The Bertz CT molecular complexity index is 502. The first-order valence-electron chi connectivity index (χ1n) is 7.24. The normalized spacial score (nSPS) is 19.4. The molecule has 1 saturated heterocycles. The standard InChI is InChI=1S/C16H22N2O3/c1-17(2)16(21)13-9-6-10-18(13)15(20)11-14(19)12-7-4-3-5-8-12/h3-5,7-8,13-14,19H,6,9-11H2,1-2H3. The highest BCUT2D eigenvalue weighted by molar-refractivity contribution is 5.88. The summed E-state index contributed by atoms with van der Waals surface area (Å²) in [7, 11) is 3.39. The molecule has 0 aliphatic carbocycles. The molecule has 1 aliphatic rings. The van der Waals surface area contributed by atoms with Gasteiger partial charge in [-0.25, -0.2) is 0 Å². The molecule has 1 aromatic carbocycles. The zero-order chi connectivity index (χ0) is 15.4. The van der Waals surface area contributed by atoms with Gasteiger partial charge in [0.25, 0.3) is 0 Å². The van der Waals surface area contributed by atoms with Gasteiger partial charge in [0.2, 0.25) is 11.8 Å². The van der Waals surface area contributed by atoms with Crippen molar-refractivity contribution in [2.75, 3.05) is 20.6 Å². The van der Waals surface area contributed by atoms with E-state index in [9.17, 15) is 14.7 Å². The lowest BCUT2D eigenvalue weighted by Gasteiger charge is -2.27. The summed E-state index contributed by atoms with van der Waals surface area (Å²) in [4.78, 5) is 27.6. The van der Waals surface area contributed by atoms with Gasteiger partial charge >= 0.3 is 0 Å². The van der Waals surface area contributed by atoms with Crippen LogP contribution in [0.5, 0.6) is 0 Å². The summed E-state index contributed by atoms with van der Waals surface area (Å²) >= 11 is 0. The Morgan fingerprint density at radius 2 is 2.00 bits per heavy atom. The van der Waals surface area contributed by atoms with E-state index in [-0.39, 0.29) is 24.3 Å². The van der Waals surface area contributed by atoms with Crippen LogP contribution in [0.1, 0.15) is 30.9 Å². The molecule has 0 spiro atoms. The number of carbonyl (C=O) groups is 2. The van der Waals surface area contributed by atoms with Gasteiger partial charge in [-0.3, -0.25) is 9.59 Å². The van der Waals surface area contributed by atoms with E-state index in [0.29, 0.717) is 13.0 Å². The van der Waals surface area contributed by atoms with Crippen LogP contribution in [-0.4, -0.2) is 53.4 Å². The summed E-state index contributed by atoms with van der Waals surface area (Å²) in [6.07, 6.45) is 0.720. The minimum absolute atomic E-state index is 0.0151. The number of aliphatic hydroxyl groups is 1. The average molecular weight is 290 g/mol. The highest BCUT2D eigenvalue weighted by atomic mass is 16.3. The Kier molecular flexibility index (Phi) is 4.96. The van der Waals surface area contributed by atoms with Crippen molar-refractivity contribution < 1.29 is 14.7 Å². The van der Waals surface area contributed by atoms with Gasteiger partial charge in [0, 0.05) is 20.6 Å². The molecule has 5 nitrogen and oxygen atoms in total. The van der Waals surface area contributed by atoms with Gasteiger partial charge in [-0.05, 0) is 18.4 Å². The van der Waals surface area contributed by atoms with Gasteiger partial charge in [0.1, 0.15) is 6.04 Å². The zero-order valence-corrected chi connectivity index (χ0v) is 12.5. The van der Waals surface area contributed by atoms with Crippen molar-refractivity contribution in [3.63, 3.8) is 0 Å². The minimum atomic E-state index is -0.825. The molecule has 1 aliphatic heterocycles. The van der Waals surface area contributed by atoms with Gasteiger partial charge in [-0.1, -0.05) is 30.3 Å². The molecule has 2 unspecified atom stereocenters. The third-order valence-corrected chi connectivity index (χ3v) is 3.85. The van der Waals surface area contributed by atoms with Gasteiger partial charge in [0.05, 0.1) is 12.5 Å². The molecule has 0 bridgehead atoms. The van der Waals surface area contributed by atoms with Crippen LogP contribution in [0.25, 0.3) is 0 Å². The number of likely N-dealkylation sites (tertiary alicyclic amines) is 1. The second-order valence-electron chi connectivity index (χ2n) is 5.61. The van der Waals surface area contributed by atoms with Crippen LogP contribution >= 0.6 is 0 Å². The first-order chi connectivity index (χ1) is 10.0. The predicted octanol–water partition coefficient (Wildman–Crippen LogP) is 1.19. The molecular formula is C16H22N2O3. The van der Waals surface area contributed by atoms with E-state index in [1.165, 1.54) is 4.90 Å². The van der Waals surface area contributed by atoms with E-state index < -0.39 is 6.10 Å². The molecule has 1 N–H and O–H groups in total. The van der Waals surface area contributed by atoms with Crippen LogP contribution in [0.2, 0.25) is 0 Å². The second kappa shape index (κ2) is 6.72. The average Bonchev–Trinajstić information content (AvgIpc) is 2.96. The zero-order valence-electron chi connectivity index (χ0n) is 12.5. The van der Waals surface area contributed by atoms with E-state index >= 15 is 0 Å². The Balaban J connectivity index is 2.01. The van der Waals surface area contributed by atoms with Crippen LogP contribution in [0.4, 0.5) is 0 Å². The Morgan fingerprint density at radius 3 is 2.62 bits per heavy atom. The number of amides is 2. The Labute approximate surface area is 125 Å². The molecule has 2 atom stereocenters. The quantitative estimate of drug-likeness (QED) is 0.906. The van der Waals surface area contributed by atoms with Crippen molar-refractivity contribution in [1.82, 2.24) is 9.80 Å². The lowest BCUT2D eigenvalue weighted by molar-refractivity contribution is -0.143. The highest BCUT2D eigenvalue weighted by Gasteiger charge is 2.35. The van der Waals surface area contributed by atoms with E-state index in [1.807, 2.05) is 18.2 Å². The number of hydrogen-bond acceptors (Lipinski definition) is 3. The minimum Gasteiger partial charge on any atom is -0.388 e. The summed E-state index contributed by atoms with van der Waals surface area (Å²) in [5.74, 6) is -0.209. The molecule has 0 radical (unpaired) electrons. The SMILES string of the molecule is CN(C)C(=O)C1CCCN1C(=O)CC(O)c1ccccc1. The monoisotopic (exact) mass is 290 g/mol. The summed E-state index contributed by atoms with van der Waals surface area (Å²) in [6.45, 7) is 0.588. The van der Waals surface area contributed by atoms with Crippen LogP contribution < -0.4 is 0 Å². The summed E-state index contributed by atoms with van der Waals surface area (Å²) in [5, 5.41) is 10.1. The van der Waals surface area contributed by atoms with Crippen LogP contribution in [-0.2, 0) is 9.59 Å². The maximum absolute atomic E-state index is 12.4. The maximum atomic E-state index is 12.4. The summed E-state index contributed by atoms with van der Waals surface area (Å²) < 4.78 is 0. The van der Waals surface area contributed by atoms with Gasteiger partial charge in [-0.15, -0.1) is 0 Å². The molecule has 0 saturated carbocycles. The first kappa shape index (κ1) is 15.5. The number of likely N-dealkylation sites (N-methyl/N-ethyl adjacent to an activating group) is 1. The largest absolute Gasteiger partial charge is 0.388 e. The topological polar surface area (TPSA) is 60.9 Å². The van der Waals surface area contributed by atoms with Crippen molar-refractivity contribution in [1.29, 1.82) is 0 Å². The third kappa shape index (κ3) is 3.61. The number of carbonyl (C=O) groups excluding carboxylic acids is 2. The highest BCUT2D eigenvalue weighted by Crippen LogP contribution is 2.23. The van der Waals surface area contributed by atoms with E-state index in [0.717, 1.165) is 12.0 Å².